The van der Waals surface area contributed by atoms with Crippen LogP contribution >= 0.6 is 11.6 Å². The highest BCUT2D eigenvalue weighted by molar-refractivity contribution is 7.92. The Morgan fingerprint density at radius 1 is 0.791 bits per heavy atom. The lowest BCUT2D eigenvalue weighted by Crippen LogP contribution is -2.33. The molecule has 216 valence electrons. The molecule has 0 aliphatic rings. The Morgan fingerprint density at radius 3 is 2.14 bits per heavy atom. The molecule has 5 aromatic carbocycles. The molecule has 1 N–H and O–H groups in total. The highest BCUT2D eigenvalue weighted by Crippen LogP contribution is 2.29. The van der Waals surface area contributed by atoms with Crippen LogP contribution in [0.5, 0.6) is 5.75 Å². The first-order valence-corrected chi connectivity index (χ1v) is 15.2. The van der Waals surface area contributed by atoms with Gasteiger partial charge in [-0.15, -0.1) is 0 Å². The van der Waals surface area contributed by atoms with Gasteiger partial charge in [-0.1, -0.05) is 90.5 Å². The van der Waals surface area contributed by atoms with Crippen LogP contribution in [0.4, 0.5) is 5.69 Å². The Hall–Kier alpha value is -4.92. The molecule has 0 bridgehead atoms. The molecule has 0 fully saturated rings. The SMILES string of the molecule is O=C(N/N=C\c1ccc(OCc2ccccc2Cl)cc1)c1ccccc1N(Cc1ccccc1)S(=O)(=O)c1ccccc1. The summed E-state index contributed by atoms with van der Waals surface area (Å²) in [5.41, 5.74) is 5.32. The third kappa shape index (κ3) is 7.48. The monoisotopic (exact) mass is 609 g/mol. The lowest BCUT2D eigenvalue weighted by molar-refractivity contribution is 0.0955. The van der Waals surface area contributed by atoms with E-state index < -0.39 is 15.9 Å². The van der Waals surface area contributed by atoms with E-state index in [4.69, 9.17) is 16.3 Å². The fraction of sp³-hybridized carbons (Fsp3) is 0.0588. The minimum Gasteiger partial charge on any atom is -0.489 e. The summed E-state index contributed by atoms with van der Waals surface area (Å²) in [6.07, 6.45) is 1.50. The summed E-state index contributed by atoms with van der Waals surface area (Å²) in [6.45, 7) is 0.375. The van der Waals surface area contributed by atoms with Crippen molar-refractivity contribution in [2.75, 3.05) is 4.31 Å². The van der Waals surface area contributed by atoms with Crippen molar-refractivity contribution in [3.63, 3.8) is 0 Å². The number of carbonyl (C=O) groups is 1. The van der Waals surface area contributed by atoms with E-state index in [9.17, 15) is 13.2 Å². The maximum absolute atomic E-state index is 13.8. The van der Waals surface area contributed by atoms with Gasteiger partial charge in [-0.2, -0.15) is 5.10 Å². The van der Waals surface area contributed by atoms with Gasteiger partial charge in [0.15, 0.2) is 0 Å². The van der Waals surface area contributed by atoms with Crippen LogP contribution in [0.2, 0.25) is 5.02 Å². The number of halogens is 1. The van der Waals surface area contributed by atoms with Gasteiger partial charge in [-0.05, 0) is 65.7 Å². The molecule has 5 aromatic rings. The molecular weight excluding hydrogens is 582 g/mol. The average Bonchev–Trinajstić information content (AvgIpc) is 3.04. The van der Waals surface area contributed by atoms with Crippen LogP contribution in [0.1, 0.15) is 27.0 Å². The predicted octanol–water partition coefficient (Wildman–Crippen LogP) is 7.08. The molecule has 7 nitrogen and oxygen atoms in total. The van der Waals surface area contributed by atoms with E-state index in [0.29, 0.717) is 17.4 Å². The Balaban J connectivity index is 1.32. The molecule has 0 spiro atoms. The quantitative estimate of drug-likeness (QED) is 0.128. The third-order valence-corrected chi connectivity index (χ3v) is 8.67. The zero-order valence-corrected chi connectivity index (χ0v) is 24.6. The van der Waals surface area contributed by atoms with Crippen molar-refractivity contribution in [3.05, 3.63) is 161 Å². The molecule has 0 atom stereocenters. The van der Waals surface area contributed by atoms with Crippen LogP contribution in [-0.2, 0) is 23.2 Å². The molecule has 0 aliphatic carbocycles. The zero-order chi connectivity index (χ0) is 30.1. The van der Waals surface area contributed by atoms with E-state index in [1.807, 2.05) is 54.6 Å². The van der Waals surface area contributed by atoms with Crippen LogP contribution in [0.15, 0.2) is 143 Å². The summed E-state index contributed by atoms with van der Waals surface area (Å²) in [4.78, 5) is 13.4. The number of ether oxygens (including phenoxy) is 1. The maximum Gasteiger partial charge on any atom is 0.273 e. The normalized spacial score (nSPS) is 11.3. The van der Waals surface area contributed by atoms with Gasteiger partial charge in [-0.25, -0.2) is 13.8 Å². The van der Waals surface area contributed by atoms with Gasteiger partial charge in [0, 0.05) is 10.6 Å². The molecule has 43 heavy (non-hydrogen) atoms. The first-order chi connectivity index (χ1) is 20.9. The van der Waals surface area contributed by atoms with E-state index in [1.54, 1.807) is 66.7 Å². The van der Waals surface area contributed by atoms with Crippen molar-refractivity contribution in [2.24, 2.45) is 5.10 Å². The van der Waals surface area contributed by atoms with Crippen molar-refractivity contribution in [2.45, 2.75) is 18.0 Å². The summed E-state index contributed by atoms with van der Waals surface area (Å²) >= 11 is 6.19. The molecule has 0 aliphatic heterocycles. The molecule has 9 heteroatoms. The van der Waals surface area contributed by atoms with Crippen LogP contribution in [-0.4, -0.2) is 20.5 Å². The van der Waals surface area contributed by atoms with Crippen LogP contribution in [0.25, 0.3) is 0 Å². The van der Waals surface area contributed by atoms with Gasteiger partial charge < -0.3 is 4.74 Å². The smallest absolute Gasteiger partial charge is 0.273 e. The largest absolute Gasteiger partial charge is 0.489 e. The predicted molar refractivity (Wildman–Crippen MR) is 170 cm³/mol. The Bertz CT molecular complexity index is 1810. The molecule has 1 amide bonds. The topological polar surface area (TPSA) is 88.1 Å². The number of carbonyl (C=O) groups excluding carboxylic acids is 1. The van der Waals surface area contributed by atoms with Crippen molar-refractivity contribution < 1.29 is 17.9 Å². The van der Waals surface area contributed by atoms with Gasteiger partial charge in [0.1, 0.15) is 12.4 Å². The number of benzene rings is 5. The third-order valence-electron chi connectivity index (χ3n) is 6.53. The number of para-hydroxylation sites is 1. The Kier molecular flexibility index (Phi) is 9.51. The van der Waals surface area contributed by atoms with E-state index in [2.05, 4.69) is 10.5 Å². The van der Waals surface area contributed by atoms with Crippen molar-refractivity contribution in [3.8, 4) is 5.75 Å². The van der Waals surface area contributed by atoms with Crippen LogP contribution < -0.4 is 14.5 Å². The molecule has 0 aromatic heterocycles. The molecule has 0 saturated heterocycles. The molecule has 5 rings (SSSR count). The van der Waals surface area contributed by atoms with Gasteiger partial charge >= 0.3 is 0 Å². The van der Waals surface area contributed by atoms with E-state index in [-0.39, 0.29) is 22.7 Å². The second kappa shape index (κ2) is 13.8. The second-order valence-electron chi connectivity index (χ2n) is 9.48. The fourth-order valence-electron chi connectivity index (χ4n) is 4.30. The van der Waals surface area contributed by atoms with Gasteiger partial charge in [0.2, 0.25) is 0 Å². The highest BCUT2D eigenvalue weighted by Gasteiger charge is 2.28. The molecule has 0 saturated carbocycles. The minimum absolute atomic E-state index is 0.0382. The van der Waals surface area contributed by atoms with E-state index in [0.717, 1.165) is 16.7 Å². The lowest BCUT2D eigenvalue weighted by Gasteiger charge is -2.26. The number of hydrogen-bond acceptors (Lipinski definition) is 5. The summed E-state index contributed by atoms with van der Waals surface area (Å²) in [6, 6.07) is 38.6. The number of nitrogens with one attached hydrogen (secondary N) is 1. The average molecular weight is 610 g/mol. The number of sulfonamides is 1. The summed E-state index contributed by atoms with van der Waals surface area (Å²) in [7, 11) is -4.01. The minimum atomic E-state index is -4.01. The first-order valence-electron chi connectivity index (χ1n) is 13.4. The summed E-state index contributed by atoms with van der Waals surface area (Å²) < 4.78 is 34.7. The Morgan fingerprint density at radius 2 is 1.42 bits per heavy atom. The fourth-order valence-corrected chi connectivity index (χ4v) is 5.99. The Labute approximate surface area is 256 Å². The molecule has 0 unspecified atom stereocenters. The second-order valence-corrected chi connectivity index (χ2v) is 11.7. The van der Waals surface area contributed by atoms with Crippen molar-refractivity contribution >= 4 is 39.4 Å². The number of nitrogens with zero attached hydrogens (tertiary/aromatic N) is 2. The standard InChI is InChI=1S/C34H28ClN3O4S/c35-32-17-9-7-13-28(32)25-42-29-21-19-26(20-22-29)23-36-37-34(39)31-16-8-10-18-33(31)38(24-27-11-3-1-4-12-27)43(40,41)30-14-5-2-6-15-30/h1-23H,24-25H2,(H,37,39)/b36-23-. The lowest BCUT2D eigenvalue weighted by atomic mass is 10.1. The highest BCUT2D eigenvalue weighted by atomic mass is 35.5. The first kappa shape index (κ1) is 29.6. The van der Waals surface area contributed by atoms with Crippen molar-refractivity contribution in [1.82, 2.24) is 5.43 Å². The van der Waals surface area contributed by atoms with Gasteiger partial charge in [0.05, 0.1) is 28.9 Å². The number of rotatable bonds is 11. The van der Waals surface area contributed by atoms with E-state index in [1.165, 1.54) is 22.7 Å². The van der Waals surface area contributed by atoms with Crippen LogP contribution in [0, 0.1) is 0 Å². The zero-order valence-electron chi connectivity index (χ0n) is 23.0. The maximum atomic E-state index is 13.8. The molecule has 0 radical (unpaired) electrons. The number of hydrogen-bond donors (Lipinski definition) is 1. The van der Waals surface area contributed by atoms with Gasteiger partial charge in [0.25, 0.3) is 15.9 Å². The number of anilines is 1. The number of hydrazone groups is 1. The molecular formula is C34H28ClN3O4S. The summed E-state index contributed by atoms with van der Waals surface area (Å²) in [5.74, 6) is 0.112. The number of amides is 1. The van der Waals surface area contributed by atoms with Crippen molar-refractivity contribution in [1.29, 1.82) is 0 Å². The summed E-state index contributed by atoms with van der Waals surface area (Å²) in [5, 5.41) is 4.75. The molecule has 0 heterocycles. The van der Waals surface area contributed by atoms with Crippen LogP contribution in [0.3, 0.4) is 0 Å². The van der Waals surface area contributed by atoms with Gasteiger partial charge in [-0.3, -0.25) is 9.10 Å². The van der Waals surface area contributed by atoms with E-state index >= 15 is 0 Å².